The predicted octanol–water partition coefficient (Wildman–Crippen LogP) is 2.05. The van der Waals surface area contributed by atoms with Crippen molar-refractivity contribution in [1.82, 2.24) is 0 Å². The van der Waals surface area contributed by atoms with Gasteiger partial charge in [-0.2, -0.15) is 0 Å². The van der Waals surface area contributed by atoms with Gasteiger partial charge in [-0.25, -0.2) is 0 Å². The summed E-state index contributed by atoms with van der Waals surface area (Å²) in [6, 6.07) is 8.25. The molecule has 0 aromatic heterocycles. The lowest BCUT2D eigenvalue weighted by atomic mass is 9.97. The summed E-state index contributed by atoms with van der Waals surface area (Å²) in [7, 11) is -4.25. The molecule has 0 saturated heterocycles. The first-order valence-electron chi connectivity index (χ1n) is 9.84. The fourth-order valence-electron chi connectivity index (χ4n) is 3.46. The van der Waals surface area contributed by atoms with Crippen molar-refractivity contribution in [3.8, 4) is 11.5 Å². The van der Waals surface area contributed by atoms with Gasteiger partial charge >= 0.3 is 14.6 Å². The Kier molecular flexibility index (Phi) is 10.0. The quantitative estimate of drug-likeness (QED) is 0.560. The summed E-state index contributed by atoms with van der Waals surface area (Å²) in [6.45, 7) is 0. The van der Waals surface area contributed by atoms with E-state index in [1.165, 1.54) is 64.2 Å². The Hall–Kier alpha value is -1.25. The molecule has 27 heavy (non-hydrogen) atoms. The minimum absolute atomic E-state index is 0.425. The minimum Gasteiger partial charge on any atom is -0.490 e. The zero-order chi connectivity index (χ0) is 19.5. The second-order valence-corrected chi connectivity index (χ2v) is 7.02. The molecule has 2 aliphatic rings. The van der Waals surface area contributed by atoms with Crippen LogP contribution in [0.15, 0.2) is 24.3 Å². The molecule has 0 atom stereocenters. The van der Waals surface area contributed by atoms with E-state index in [9.17, 15) is 0 Å². The molecule has 150 valence electrons. The molecule has 4 N–H and O–H groups in total. The molecule has 0 spiro atoms. The molecule has 0 bridgehead atoms. The molecule has 7 nitrogen and oxygen atoms in total. The summed E-state index contributed by atoms with van der Waals surface area (Å²) in [4.78, 5) is 0. The Balaban J connectivity index is 0.000000321. The molecule has 9 heteroatoms. The van der Waals surface area contributed by atoms with Crippen LogP contribution in [0.4, 0.5) is 0 Å². The van der Waals surface area contributed by atoms with Gasteiger partial charge in [0.05, 0.1) is 12.2 Å². The van der Waals surface area contributed by atoms with E-state index in [4.69, 9.17) is 29.6 Å². The number of hydrogen-bond donors (Lipinski definition) is 4. The molecule has 0 heterocycles. The number of ether oxygens (including phenoxy) is 2. The predicted molar refractivity (Wildman–Crippen MR) is 103 cm³/mol. The lowest BCUT2D eigenvalue weighted by Crippen LogP contribution is -2.28. The number of hydrogen-bond acceptors (Lipinski definition) is 7. The fraction of sp³-hybridized carbons (Fsp3) is 0.667. The van der Waals surface area contributed by atoms with Crippen LogP contribution in [0.3, 0.4) is 0 Å². The Morgan fingerprint density at radius 2 is 0.926 bits per heavy atom. The Morgan fingerprint density at radius 3 is 1.19 bits per heavy atom. The first-order chi connectivity index (χ1) is 13.0. The van der Waals surface area contributed by atoms with Gasteiger partial charge in [0, 0.05) is 0 Å². The fourth-order valence-corrected chi connectivity index (χ4v) is 3.46. The molecule has 2 fully saturated rings. The summed E-state index contributed by atoms with van der Waals surface area (Å²) >= 11 is 0. The van der Waals surface area contributed by atoms with Gasteiger partial charge in [0.1, 0.15) is 11.5 Å². The average molecular weight is 380 g/mol. The molecule has 3 rings (SSSR count). The SMILES string of the molecule is OB(O)OB(O)O.c1cc(OC2CCCCC2)ccc1OC1CCCCC1. The van der Waals surface area contributed by atoms with Crippen molar-refractivity contribution in [2.75, 3.05) is 0 Å². The molecular formula is C18H30B2O7. The molecular weight excluding hydrogens is 350 g/mol. The molecule has 0 radical (unpaired) electrons. The van der Waals surface area contributed by atoms with E-state index in [0.29, 0.717) is 12.2 Å². The van der Waals surface area contributed by atoms with Crippen molar-refractivity contribution in [2.24, 2.45) is 0 Å². The van der Waals surface area contributed by atoms with Gasteiger partial charge in [0.15, 0.2) is 0 Å². The van der Waals surface area contributed by atoms with Crippen LogP contribution >= 0.6 is 0 Å². The van der Waals surface area contributed by atoms with E-state index < -0.39 is 14.6 Å². The van der Waals surface area contributed by atoms with Crippen molar-refractivity contribution in [2.45, 2.75) is 76.4 Å². The largest absolute Gasteiger partial charge is 0.621 e. The maximum absolute atomic E-state index is 7.74. The minimum atomic E-state index is -2.13. The van der Waals surface area contributed by atoms with Crippen molar-refractivity contribution in [3.05, 3.63) is 24.3 Å². The monoisotopic (exact) mass is 380 g/mol. The van der Waals surface area contributed by atoms with E-state index >= 15 is 0 Å². The van der Waals surface area contributed by atoms with Crippen LogP contribution in [0.2, 0.25) is 0 Å². The molecule has 1 aromatic rings. The van der Waals surface area contributed by atoms with Crippen LogP contribution < -0.4 is 9.47 Å². The van der Waals surface area contributed by atoms with Gasteiger partial charge in [-0.05, 0) is 75.6 Å². The maximum atomic E-state index is 7.74. The highest BCUT2D eigenvalue weighted by atomic mass is 16.7. The first kappa shape index (κ1) is 22.0. The zero-order valence-corrected chi connectivity index (χ0v) is 15.7. The lowest BCUT2D eigenvalue weighted by Gasteiger charge is -2.24. The third-order valence-corrected chi connectivity index (χ3v) is 4.78. The zero-order valence-electron chi connectivity index (χ0n) is 15.7. The van der Waals surface area contributed by atoms with Crippen molar-refractivity contribution >= 4 is 14.6 Å². The van der Waals surface area contributed by atoms with Crippen LogP contribution in [-0.4, -0.2) is 46.9 Å². The summed E-state index contributed by atoms with van der Waals surface area (Å²) in [5, 5.41) is 30.9. The van der Waals surface area contributed by atoms with E-state index in [0.717, 1.165) is 11.5 Å². The lowest BCUT2D eigenvalue weighted by molar-refractivity contribution is 0.150. The highest BCUT2D eigenvalue weighted by Crippen LogP contribution is 2.27. The molecule has 2 aliphatic carbocycles. The van der Waals surface area contributed by atoms with Crippen LogP contribution in [0.1, 0.15) is 64.2 Å². The van der Waals surface area contributed by atoms with Gasteiger partial charge in [0.2, 0.25) is 0 Å². The van der Waals surface area contributed by atoms with Gasteiger partial charge in [-0.1, -0.05) is 12.8 Å². The number of benzene rings is 1. The molecule has 0 aliphatic heterocycles. The van der Waals surface area contributed by atoms with Crippen LogP contribution in [0, 0.1) is 0 Å². The number of rotatable bonds is 6. The standard InChI is InChI=1S/C18H26O2.B2H4O5/c1-3-7-15(8-4-1)19-17-11-13-18(14-12-17)20-16-9-5-2-6-10-16;3-1(4)7-2(5)6/h11-16H,1-10H2;3-6H. The van der Waals surface area contributed by atoms with E-state index in [1.807, 2.05) is 0 Å². The molecule has 2 saturated carbocycles. The highest BCUT2D eigenvalue weighted by molar-refractivity contribution is 6.48. The van der Waals surface area contributed by atoms with E-state index in [1.54, 1.807) is 0 Å². The van der Waals surface area contributed by atoms with E-state index in [-0.39, 0.29) is 0 Å². The maximum Gasteiger partial charge on any atom is 0.621 e. The summed E-state index contributed by atoms with van der Waals surface area (Å²) < 4.78 is 15.6. The van der Waals surface area contributed by atoms with Crippen molar-refractivity contribution in [3.63, 3.8) is 0 Å². The third kappa shape index (κ3) is 9.48. The summed E-state index contributed by atoms with van der Waals surface area (Å²) in [5.41, 5.74) is 0. The summed E-state index contributed by atoms with van der Waals surface area (Å²) in [5.74, 6) is 1.99. The second-order valence-electron chi connectivity index (χ2n) is 7.02. The van der Waals surface area contributed by atoms with Gasteiger partial charge < -0.3 is 34.1 Å². The summed E-state index contributed by atoms with van der Waals surface area (Å²) in [6.07, 6.45) is 13.7. The van der Waals surface area contributed by atoms with Crippen molar-refractivity contribution in [1.29, 1.82) is 0 Å². The normalized spacial score (nSPS) is 18.2. The molecule has 0 unspecified atom stereocenters. The van der Waals surface area contributed by atoms with Gasteiger partial charge in [-0.15, -0.1) is 0 Å². The Bertz CT molecular complexity index is 456. The van der Waals surface area contributed by atoms with Gasteiger partial charge in [0.25, 0.3) is 0 Å². The second kappa shape index (κ2) is 12.3. The topological polar surface area (TPSA) is 109 Å². The van der Waals surface area contributed by atoms with Crippen LogP contribution in [-0.2, 0) is 4.57 Å². The first-order valence-corrected chi connectivity index (χ1v) is 9.84. The van der Waals surface area contributed by atoms with Crippen LogP contribution in [0.25, 0.3) is 0 Å². The smallest absolute Gasteiger partial charge is 0.490 e. The third-order valence-electron chi connectivity index (χ3n) is 4.78. The van der Waals surface area contributed by atoms with Crippen LogP contribution in [0.5, 0.6) is 11.5 Å². The highest BCUT2D eigenvalue weighted by Gasteiger charge is 2.18. The Morgan fingerprint density at radius 1 is 0.593 bits per heavy atom. The molecule has 1 aromatic carbocycles. The average Bonchev–Trinajstić information content (AvgIpc) is 2.64. The van der Waals surface area contributed by atoms with Crippen molar-refractivity contribution < 1.29 is 34.1 Å². The molecule has 0 amide bonds. The van der Waals surface area contributed by atoms with Gasteiger partial charge in [-0.3, -0.25) is 0 Å². The van der Waals surface area contributed by atoms with E-state index in [2.05, 4.69) is 28.8 Å². The Labute approximate surface area is 161 Å².